The highest BCUT2D eigenvalue weighted by atomic mass is 35.5. The molecule has 3 rings (SSSR count). The number of H-pyrrole nitrogens is 1. The van der Waals surface area contributed by atoms with E-state index in [4.69, 9.17) is 0 Å². The molecule has 0 saturated carbocycles. The largest absolute Gasteiger partial charge is 0.508 e. The van der Waals surface area contributed by atoms with Gasteiger partial charge in [0.15, 0.2) is 0 Å². The molecule has 0 aliphatic rings. The quantitative estimate of drug-likeness (QED) is 0.453. The van der Waals surface area contributed by atoms with Gasteiger partial charge in [0.1, 0.15) is 11.5 Å². The number of hydrogen-bond acceptors (Lipinski definition) is 5. The van der Waals surface area contributed by atoms with E-state index in [0.29, 0.717) is 23.9 Å². The first-order valence-electron chi connectivity index (χ1n) is 8.06. The number of benzene rings is 2. The van der Waals surface area contributed by atoms with Gasteiger partial charge in [-0.15, -0.1) is 12.4 Å². The highest BCUT2D eigenvalue weighted by molar-refractivity contribution is 5.87. The molecule has 1 aromatic heterocycles. The van der Waals surface area contributed by atoms with Crippen LogP contribution in [-0.2, 0) is 6.42 Å². The Kier molecular flexibility index (Phi) is 6.63. The van der Waals surface area contributed by atoms with E-state index in [9.17, 15) is 20.1 Å². The minimum atomic E-state index is -0.361. The third-order valence-corrected chi connectivity index (χ3v) is 4.24. The molecule has 2 aromatic carbocycles. The smallest absolute Gasteiger partial charge is 0.248 e. The molecule has 0 saturated heterocycles. The van der Waals surface area contributed by atoms with Gasteiger partial charge in [0, 0.05) is 11.5 Å². The van der Waals surface area contributed by atoms with E-state index in [0.717, 1.165) is 11.1 Å². The van der Waals surface area contributed by atoms with Crippen molar-refractivity contribution in [2.45, 2.75) is 12.5 Å². The van der Waals surface area contributed by atoms with Crippen molar-refractivity contribution in [2.24, 2.45) is 0 Å². The molecule has 26 heavy (non-hydrogen) atoms. The van der Waals surface area contributed by atoms with Crippen LogP contribution in [0.15, 0.2) is 53.3 Å². The first kappa shape index (κ1) is 19.8. The van der Waals surface area contributed by atoms with Crippen LogP contribution in [0, 0.1) is 0 Å². The maximum Gasteiger partial charge on any atom is 0.248 e. The van der Waals surface area contributed by atoms with Gasteiger partial charge in [-0.3, -0.25) is 4.79 Å². The molecule has 1 heterocycles. The standard InChI is InChI=1S/C19H20N2O4.ClH/c22-11-15(20-10-9-12-3-1-2-4-16(12)23)13-5-7-17(24)19-14(13)6-8-18(25)21-19;/h1-8,15,20,22-24H,9-11H2,(H,21,25);1H. The Bertz CT molecular complexity index is 942. The lowest BCUT2D eigenvalue weighted by molar-refractivity contribution is 0.246. The number of fused-ring (bicyclic) bond motifs is 1. The molecule has 1 unspecified atom stereocenters. The van der Waals surface area contributed by atoms with Crippen LogP contribution in [0.25, 0.3) is 10.9 Å². The third kappa shape index (κ3) is 4.16. The topological polar surface area (TPSA) is 106 Å². The average Bonchev–Trinajstić information content (AvgIpc) is 2.61. The van der Waals surface area contributed by atoms with Crippen LogP contribution in [0.1, 0.15) is 17.2 Å². The van der Waals surface area contributed by atoms with Gasteiger partial charge in [0.05, 0.1) is 18.2 Å². The van der Waals surface area contributed by atoms with Crippen molar-refractivity contribution in [1.82, 2.24) is 10.3 Å². The van der Waals surface area contributed by atoms with Gasteiger partial charge in [-0.2, -0.15) is 0 Å². The number of aromatic nitrogens is 1. The van der Waals surface area contributed by atoms with E-state index >= 15 is 0 Å². The van der Waals surface area contributed by atoms with Gasteiger partial charge in [0.25, 0.3) is 0 Å². The number of aliphatic hydroxyl groups is 1. The Labute approximate surface area is 156 Å². The maximum absolute atomic E-state index is 11.5. The Morgan fingerprint density at radius 2 is 1.77 bits per heavy atom. The van der Waals surface area contributed by atoms with E-state index in [1.54, 1.807) is 24.3 Å². The first-order valence-corrected chi connectivity index (χ1v) is 8.06. The SMILES string of the molecule is Cl.O=c1ccc2c(C(CO)NCCc3ccccc3O)ccc(O)c2[nH]1. The Morgan fingerprint density at radius 1 is 1.00 bits per heavy atom. The zero-order valence-electron chi connectivity index (χ0n) is 14.0. The Morgan fingerprint density at radius 3 is 2.50 bits per heavy atom. The van der Waals surface area contributed by atoms with E-state index < -0.39 is 0 Å². The summed E-state index contributed by atoms with van der Waals surface area (Å²) in [5, 5.41) is 33.5. The summed E-state index contributed by atoms with van der Waals surface area (Å²) in [7, 11) is 0. The highest BCUT2D eigenvalue weighted by Gasteiger charge is 2.15. The number of halogens is 1. The van der Waals surface area contributed by atoms with E-state index in [2.05, 4.69) is 10.3 Å². The molecule has 6 nitrogen and oxygen atoms in total. The molecule has 0 aliphatic heterocycles. The zero-order valence-corrected chi connectivity index (χ0v) is 14.8. The molecule has 0 spiro atoms. The van der Waals surface area contributed by atoms with E-state index in [-0.39, 0.29) is 42.1 Å². The summed E-state index contributed by atoms with van der Waals surface area (Å²) in [5.74, 6) is 0.236. The normalized spacial score (nSPS) is 11.9. The fourth-order valence-electron chi connectivity index (χ4n) is 2.94. The summed E-state index contributed by atoms with van der Waals surface area (Å²) >= 11 is 0. The van der Waals surface area contributed by atoms with Gasteiger partial charge in [-0.05, 0) is 42.3 Å². The minimum absolute atomic E-state index is 0. The van der Waals surface area contributed by atoms with Crippen molar-refractivity contribution < 1.29 is 15.3 Å². The predicted octanol–water partition coefficient (Wildman–Crippen LogP) is 2.23. The van der Waals surface area contributed by atoms with Crippen LogP contribution in [-0.4, -0.2) is 33.5 Å². The number of aliphatic hydroxyl groups excluding tert-OH is 1. The number of phenolic OH excluding ortho intramolecular Hbond substituents is 2. The molecule has 0 bridgehead atoms. The van der Waals surface area contributed by atoms with Gasteiger partial charge in [-0.1, -0.05) is 24.3 Å². The summed E-state index contributed by atoms with van der Waals surface area (Å²) in [4.78, 5) is 14.1. The summed E-state index contributed by atoms with van der Waals surface area (Å²) in [6.07, 6.45) is 0.607. The summed E-state index contributed by atoms with van der Waals surface area (Å²) in [6, 6.07) is 13.0. The number of aromatic hydroxyl groups is 2. The lowest BCUT2D eigenvalue weighted by Crippen LogP contribution is -2.27. The second-order valence-electron chi connectivity index (χ2n) is 5.85. The second kappa shape index (κ2) is 8.71. The predicted molar refractivity (Wildman–Crippen MR) is 103 cm³/mol. The van der Waals surface area contributed by atoms with Crippen molar-refractivity contribution in [3.63, 3.8) is 0 Å². The second-order valence-corrected chi connectivity index (χ2v) is 5.85. The van der Waals surface area contributed by atoms with Crippen LogP contribution in [0.4, 0.5) is 0 Å². The van der Waals surface area contributed by atoms with Crippen molar-refractivity contribution in [3.05, 3.63) is 70.0 Å². The zero-order chi connectivity index (χ0) is 17.8. The average molecular weight is 377 g/mol. The van der Waals surface area contributed by atoms with Gasteiger partial charge in [0.2, 0.25) is 5.56 Å². The molecule has 1 atom stereocenters. The first-order chi connectivity index (χ1) is 12.1. The van der Waals surface area contributed by atoms with Gasteiger partial charge >= 0.3 is 0 Å². The fourth-order valence-corrected chi connectivity index (χ4v) is 2.94. The Balaban J connectivity index is 0.00000243. The highest BCUT2D eigenvalue weighted by Crippen LogP contribution is 2.28. The van der Waals surface area contributed by atoms with Crippen molar-refractivity contribution in [2.75, 3.05) is 13.2 Å². The van der Waals surface area contributed by atoms with Crippen molar-refractivity contribution >= 4 is 23.3 Å². The Hall–Kier alpha value is -2.54. The molecule has 0 fully saturated rings. The molecule has 138 valence electrons. The van der Waals surface area contributed by atoms with Gasteiger partial charge in [-0.25, -0.2) is 0 Å². The number of rotatable bonds is 6. The number of para-hydroxylation sites is 1. The summed E-state index contributed by atoms with van der Waals surface area (Å²) in [5.41, 5.74) is 1.66. The van der Waals surface area contributed by atoms with Crippen LogP contribution < -0.4 is 10.9 Å². The monoisotopic (exact) mass is 376 g/mol. The van der Waals surface area contributed by atoms with E-state index in [1.165, 1.54) is 12.1 Å². The maximum atomic E-state index is 11.5. The molecule has 0 radical (unpaired) electrons. The van der Waals surface area contributed by atoms with Crippen LogP contribution in [0.2, 0.25) is 0 Å². The molecule has 5 N–H and O–H groups in total. The number of aromatic amines is 1. The molecular weight excluding hydrogens is 356 g/mol. The molecule has 0 amide bonds. The number of phenols is 2. The summed E-state index contributed by atoms with van der Waals surface area (Å²) < 4.78 is 0. The number of nitrogens with one attached hydrogen (secondary N) is 2. The van der Waals surface area contributed by atoms with E-state index in [1.807, 2.05) is 12.1 Å². The molecule has 3 aromatic rings. The minimum Gasteiger partial charge on any atom is -0.508 e. The number of hydrogen-bond donors (Lipinski definition) is 5. The van der Waals surface area contributed by atoms with Crippen molar-refractivity contribution in [1.29, 1.82) is 0 Å². The third-order valence-electron chi connectivity index (χ3n) is 4.24. The van der Waals surface area contributed by atoms with Crippen LogP contribution >= 0.6 is 12.4 Å². The number of pyridine rings is 1. The lowest BCUT2D eigenvalue weighted by Gasteiger charge is -2.19. The molecular formula is C19H21ClN2O4. The fraction of sp³-hybridized carbons (Fsp3) is 0.211. The van der Waals surface area contributed by atoms with Gasteiger partial charge < -0.3 is 25.6 Å². The molecule has 0 aliphatic carbocycles. The molecule has 7 heteroatoms. The van der Waals surface area contributed by atoms with Crippen molar-refractivity contribution in [3.8, 4) is 11.5 Å². The summed E-state index contributed by atoms with van der Waals surface area (Å²) in [6.45, 7) is 0.411. The lowest BCUT2D eigenvalue weighted by atomic mass is 10.0. The van der Waals surface area contributed by atoms with Crippen LogP contribution in [0.3, 0.4) is 0 Å². The van der Waals surface area contributed by atoms with Crippen LogP contribution in [0.5, 0.6) is 11.5 Å².